The van der Waals surface area contributed by atoms with Crippen molar-refractivity contribution in [3.63, 3.8) is 0 Å². The normalized spacial score (nSPS) is 31.4. The zero-order valence-electron chi connectivity index (χ0n) is 12.8. The van der Waals surface area contributed by atoms with E-state index in [9.17, 15) is 14.4 Å². The Bertz CT molecular complexity index is 427. The Balaban J connectivity index is 2.12. The van der Waals surface area contributed by atoms with Crippen molar-refractivity contribution in [2.45, 2.75) is 59.1 Å². The molecule has 5 nitrogen and oxygen atoms in total. The van der Waals surface area contributed by atoms with Crippen LogP contribution >= 0.6 is 0 Å². The van der Waals surface area contributed by atoms with Crippen LogP contribution in [0.5, 0.6) is 0 Å². The number of esters is 1. The lowest BCUT2D eigenvalue weighted by molar-refractivity contribution is -0.166. The average molecular weight is 281 g/mol. The molecule has 1 heterocycles. The molecule has 0 N–H and O–H groups in total. The molecule has 0 radical (unpaired) electrons. The summed E-state index contributed by atoms with van der Waals surface area (Å²) in [4.78, 5) is 37.9. The molecule has 2 aliphatic rings. The molecule has 3 unspecified atom stereocenters. The van der Waals surface area contributed by atoms with Crippen LogP contribution in [0.2, 0.25) is 0 Å². The SMILES string of the molecule is CC1CC2C(=O)N(C(C)C(=O)OC(C)(C)C)C(=O)C2C1. The first-order chi connectivity index (χ1) is 9.11. The van der Waals surface area contributed by atoms with Gasteiger partial charge in [-0.2, -0.15) is 0 Å². The van der Waals surface area contributed by atoms with Crippen molar-refractivity contribution < 1.29 is 19.1 Å². The minimum atomic E-state index is -0.838. The van der Waals surface area contributed by atoms with Crippen LogP contribution in [0.25, 0.3) is 0 Å². The molecule has 1 aliphatic heterocycles. The molecule has 1 saturated carbocycles. The Morgan fingerprint density at radius 1 is 1.20 bits per heavy atom. The molecular weight excluding hydrogens is 258 g/mol. The Morgan fingerprint density at radius 3 is 2.05 bits per heavy atom. The van der Waals surface area contributed by atoms with Crippen molar-refractivity contribution in [1.29, 1.82) is 0 Å². The highest BCUT2D eigenvalue weighted by atomic mass is 16.6. The summed E-state index contributed by atoms with van der Waals surface area (Å²) in [5.41, 5.74) is -0.623. The van der Waals surface area contributed by atoms with Crippen molar-refractivity contribution in [3.05, 3.63) is 0 Å². The van der Waals surface area contributed by atoms with Gasteiger partial charge in [0.15, 0.2) is 0 Å². The molecule has 2 rings (SSSR count). The highest BCUT2D eigenvalue weighted by Gasteiger charge is 2.54. The number of imide groups is 1. The van der Waals surface area contributed by atoms with Gasteiger partial charge in [-0.25, -0.2) is 4.79 Å². The molecule has 3 atom stereocenters. The van der Waals surface area contributed by atoms with Crippen molar-refractivity contribution in [2.24, 2.45) is 17.8 Å². The number of amides is 2. The Hall–Kier alpha value is -1.39. The third-order valence-corrected chi connectivity index (χ3v) is 4.04. The lowest BCUT2D eigenvalue weighted by Crippen LogP contribution is -2.46. The number of carbonyl (C=O) groups excluding carboxylic acids is 3. The molecule has 0 bridgehead atoms. The Labute approximate surface area is 119 Å². The minimum absolute atomic E-state index is 0.206. The summed E-state index contributed by atoms with van der Waals surface area (Å²) in [5, 5.41) is 0. The topological polar surface area (TPSA) is 63.7 Å². The summed E-state index contributed by atoms with van der Waals surface area (Å²) in [6.07, 6.45) is 1.49. The number of hydrogen-bond acceptors (Lipinski definition) is 4. The maximum absolute atomic E-state index is 12.4. The Kier molecular flexibility index (Phi) is 3.65. The number of ether oxygens (including phenoxy) is 1. The lowest BCUT2D eigenvalue weighted by Gasteiger charge is -2.27. The largest absolute Gasteiger partial charge is 0.458 e. The standard InChI is InChI=1S/C15H23NO4/c1-8-6-10-11(7-8)13(18)16(12(10)17)9(2)14(19)20-15(3,4)5/h8-11H,6-7H2,1-5H3. The first-order valence-corrected chi connectivity index (χ1v) is 7.21. The number of carbonyl (C=O) groups is 3. The summed E-state index contributed by atoms with van der Waals surface area (Å²) in [7, 11) is 0. The minimum Gasteiger partial charge on any atom is -0.458 e. The fourth-order valence-electron chi connectivity index (χ4n) is 3.18. The van der Waals surface area contributed by atoms with E-state index in [1.807, 2.05) is 0 Å². The van der Waals surface area contributed by atoms with Gasteiger partial charge in [0.05, 0.1) is 11.8 Å². The molecule has 2 fully saturated rings. The number of rotatable bonds is 2. The first kappa shape index (κ1) is 15.0. The zero-order chi connectivity index (χ0) is 15.2. The smallest absolute Gasteiger partial charge is 0.329 e. The van der Waals surface area contributed by atoms with E-state index in [4.69, 9.17) is 4.74 Å². The number of nitrogens with zero attached hydrogens (tertiary/aromatic N) is 1. The van der Waals surface area contributed by atoms with E-state index in [0.29, 0.717) is 5.92 Å². The quantitative estimate of drug-likeness (QED) is 0.571. The molecule has 0 aromatic heterocycles. The summed E-state index contributed by atoms with van der Waals surface area (Å²) < 4.78 is 5.27. The fraction of sp³-hybridized carbons (Fsp3) is 0.800. The second kappa shape index (κ2) is 4.86. The van der Waals surface area contributed by atoms with Crippen LogP contribution < -0.4 is 0 Å². The number of hydrogen-bond donors (Lipinski definition) is 0. The van der Waals surface area contributed by atoms with E-state index in [2.05, 4.69) is 6.92 Å². The van der Waals surface area contributed by atoms with E-state index in [0.717, 1.165) is 17.7 Å². The van der Waals surface area contributed by atoms with Gasteiger partial charge in [0.1, 0.15) is 11.6 Å². The van der Waals surface area contributed by atoms with Gasteiger partial charge in [0.2, 0.25) is 11.8 Å². The molecule has 1 saturated heterocycles. The average Bonchev–Trinajstić information content (AvgIpc) is 2.76. The number of likely N-dealkylation sites (tertiary alicyclic amines) is 1. The van der Waals surface area contributed by atoms with Crippen LogP contribution in [0.1, 0.15) is 47.5 Å². The van der Waals surface area contributed by atoms with Gasteiger partial charge in [-0.1, -0.05) is 6.92 Å². The van der Waals surface area contributed by atoms with E-state index in [1.165, 1.54) is 0 Å². The molecule has 0 spiro atoms. The lowest BCUT2D eigenvalue weighted by atomic mass is 10.00. The number of fused-ring (bicyclic) bond motifs is 1. The molecule has 5 heteroatoms. The van der Waals surface area contributed by atoms with Crippen molar-refractivity contribution >= 4 is 17.8 Å². The van der Waals surface area contributed by atoms with Gasteiger partial charge in [-0.15, -0.1) is 0 Å². The van der Waals surface area contributed by atoms with Gasteiger partial charge in [0.25, 0.3) is 0 Å². The second-order valence-corrected chi connectivity index (χ2v) is 7.05. The fourth-order valence-corrected chi connectivity index (χ4v) is 3.18. The predicted octanol–water partition coefficient (Wildman–Crippen LogP) is 1.75. The van der Waals surface area contributed by atoms with Gasteiger partial charge in [0, 0.05) is 0 Å². The zero-order valence-corrected chi connectivity index (χ0v) is 12.8. The Morgan fingerprint density at radius 2 is 1.65 bits per heavy atom. The molecule has 0 aromatic carbocycles. The van der Waals surface area contributed by atoms with E-state index >= 15 is 0 Å². The monoisotopic (exact) mass is 281 g/mol. The van der Waals surface area contributed by atoms with Gasteiger partial charge >= 0.3 is 5.97 Å². The van der Waals surface area contributed by atoms with Crippen molar-refractivity contribution in [2.75, 3.05) is 0 Å². The van der Waals surface area contributed by atoms with Crippen LogP contribution in [-0.2, 0) is 19.1 Å². The molecule has 1 aliphatic carbocycles. The maximum Gasteiger partial charge on any atom is 0.329 e. The summed E-state index contributed by atoms with van der Waals surface area (Å²) in [6.45, 7) is 8.92. The third kappa shape index (κ3) is 2.58. The second-order valence-electron chi connectivity index (χ2n) is 7.05. The highest BCUT2D eigenvalue weighted by molar-refractivity contribution is 6.08. The van der Waals surface area contributed by atoms with Gasteiger partial charge in [-0.3, -0.25) is 14.5 Å². The van der Waals surface area contributed by atoms with Gasteiger partial charge < -0.3 is 4.74 Å². The third-order valence-electron chi connectivity index (χ3n) is 4.04. The van der Waals surface area contributed by atoms with Crippen LogP contribution in [0.3, 0.4) is 0 Å². The first-order valence-electron chi connectivity index (χ1n) is 7.21. The van der Waals surface area contributed by atoms with Crippen LogP contribution in [0, 0.1) is 17.8 Å². The summed E-state index contributed by atoms with van der Waals surface area (Å²) in [5.74, 6) is -1.00. The van der Waals surface area contributed by atoms with E-state index < -0.39 is 17.6 Å². The van der Waals surface area contributed by atoms with E-state index in [1.54, 1.807) is 27.7 Å². The van der Waals surface area contributed by atoms with Crippen molar-refractivity contribution in [3.8, 4) is 0 Å². The van der Waals surface area contributed by atoms with Gasteiger partial charge in [-0.05, 0) is 46.5 Å². The van der Waals surface area contributed by atoms with E-state index in [-0.39, 0.29) is 23.7 Å². The van der Waals surface area contributed by atoms with Crippen LogP contribution in [0.4, 0.5) is 0 Å². The highest BCUT2D eigenvalue weighted by Crippen LogP contribution is 2.43. The molecular formula is C15H23NO4. The van der Waals surface area contributed by atoms with Crippen LogP contribution in [0.15, 0.2) is 0 Å². The predicted molar refractivity (Wildman–Crippen MR) is 72.5 cm³/mol. The summed E-state index contributed by atoms with van der Waals surface area (Å²) in [6, 6.07) is -0.838. The molecule has 112 valence electrons. The molecule has 20 heavy (non-hydrogen) atoms. The van der Waals surface area contributed by atoms with Crippen LogP contribution in [-0.4, -0.2) is 34.3 Å². The maximum atomic E-state index is 12.4. The summed E-state index contributed by atoms with van der Waals surface area (Å²) >= 11 is 0. The van der Waals surface area contributed by atoms with Crippen molar-refractivity contribution in [1.82, 2.24) is 4.90 Å². The molecule has 2 amide bonds. The molecule has 0 aromatic rings.